The second-order valence-electron chi connectivity index (χ2n) is 3.64. The molecule has 0 aliphatic heterocycles. The summed E-state index contributed by atoms with van der Waals surface area (Å²) in [5, 5.41) is 0.655. The Hall–Kier alpha value is -0.260. The molecule has 0 rings (SSSR count). The van der Waals surface area contributed by atoms with E-state index in [0.717, 1.165) is 38.0 Å². The van der Waals surface area contributed by atoms with Gasteiger partial charge in [0, 0.05) is 11.7 Å². The minimum Gasteiger partial charge on any atom is -0.330 e. The average Bonchev–Trinajstić information content (AvgIpc) is 2.23. The molecular formula is C10H23N3OS. The van der Waals surface area contributed by atoms with Crippen LogP contribution < -0.4 is 17.0 Å². The standard InChI is InChI=1S/C10H23N3OS/c1-9(6-7-11)15-8-4-2-3-5-10(14)13-12/h9H,2-8,11-12H2,1H3,(H,13,14). The summed E-state index contributed by atoms with van der Waals surface area (Å²) in [6, 6.07) is 0. The zero-order valence-electron chi connectivity index (χ0n) is 9.50. The highest BCUT2D eigenvalue weighted by Crippen LogP contribution is 2.15. The fourth-order valence-electron chi connectivity index (χ4n) is 1.24. The molecule has 1 amide bonds. The second-order valence-corrected chi connectivity index (χ2v) is 5.18. The smallest absolute Gasteiger partial charge is 0.233 e. The molecule has 0 fully saturated rings. The molecule has 5 N–H and O–H groups in total. The Labute approximate surface area is 96.5 Å². The molecule has 4 nitrogen and oxygen atoms in total. The number of rotatable bonds is 9. The third-order valence-corrected chi connectivity index (χ3v) is 3.51. The molecule has 1 atom stereocenters. The van der Waals surface area contributed by atoms with Gasteiger partial charge in [-0.15, -0.1) is 0 Å². The summed E-state index contributed by atoms with van der Waals surface area (Å²) >= 11 is 1.96. The van der Waals surface area contributed by atoms with Gasteiger partial charge in [-0.1, -0.05) is 13.3 Å². The van der Waals surface area contributed by atoms with E-state index in [1.54, 1.807) is 0 Å². The van der Waals surface area contributed by atoms with Crippen LogP contribution >= 0.6 is 11.8 Å². The predicted molar refractivity (Wildman–Crippen MR) is 66.4 cm³/mol. The third kappa shape index (κ3) is 10.0. The molecule has 0 aliphatic carbocycles. The number of nitrogens with one attached hydrogen (secondary N) is 1. The van der Waals surface area contributed by atoms with Gasteiger partial charge in [0.15, 0.2) is 0 Å². The van der Waals surface area contributed by atoms with E-state index in [2.05, 4.69) is 12.3 Å². The number of hydrazine groups is 1. The van der Waals surface area contributed by atoms with Gasteiger partial charge in [-0.2, -0.15) is 11.8 Å². The van der Waals surface area contributed by atoms with Crippen molar-refractivity contribution in [3.63, 3.8) is 0 Å². The summed E-state index contributed by atoms with van der Waals surface area (Å²) in [5.41, 5.74) is 7.59. The molecule has 0 aromatic rings. The average molecular weight is 233 g/mol. The molecule has 0 aromatic carbocycles. The Morgan fingerprint density at radius 1 is 1.40 bits per heavy atom. The van der Waals surface area contributed by atoms with Gasteiger partial charge >= 0.3 is 0 Å². The van der Waals surface area contributed by atoms with Gasteiger partial charge in [-0.05, 0) is 31.6 Å². The lowest BCUT2D eigenvalue weighted by Gasteiger charge is -2.08. The summed E-state index contributed by atoms with van der Waals surface area (Å²) in [6.45, 7) is 2.98. The first-order chi connectivity index (χ1) is 7.20. The summed E-state index contributed by atoms with van der Waals surface area (Å²) < 4.78 is 0. The fourth-order valence-corrected chi connectivity index (χ4v) is 2.32. The number of hydrogen-bond donors (Lipinski definition) is 3. The molecule has 15 heavy (non-hydrogen) atoms. The molecule has 0 saturated carbocycles. The maximum absolute atomic E-state index is 10.8. The van der Waals surface area contributed by atoms with E-state index in [1.165, 1.54) is 0 Å². The van der Waals surface area contributed by atoms with E-state index >= 15 is 0 Å². The van der Waals surface area contributed by atoms with Crippen LogP contribution in [0.5, 0.6) is 0 Å². The van der Waals surface area contributed by atoms with Gasteiger partial charge in [0.2, 0.25) is 5.91 Å². The molecule has 1 unspecified atom stereocenters. The molecule has 0 radical (unpaired) electrons. The predicted octanol–water partition coefficient (Wildman–Crippen LogP) is 1.01. The van der Waals surface area contributed by atoms with Crippen LogP contribution in [0.15, 0.2) is 0 Å². The van der Waals surface area contributed by atoms with Crippen molar-refractivity contribution in [2.45, 2.75) is 44.3 Å². The van der Waals surface area contributed by atoms with Crippen molar-refractivity contribution in [2.75, 3.05) is 12.3 Å². The number of nitrogens with two attached hydrogens (primary N) is 2. The van der Waals surface area contributed by atoms with Gasteiger partial charge < -0.3 is 5.73 Å². The lowest BCUT2D eigenvalue weighted by atomic mass is 10.2. The van der Waals surface area contributed by atoms with Gasteiger partial charge in [-0.3, -0.25) is 10.2 Å². The Balaban J connectivity index is 3.14. The molecule has 0 saturated heterocycles. The Kier molecular flexibility index (Phi) is 10.1. The highest BCUT2D eigenvalue weighted by atomic mass is 32.2. The van der Waals surface area contributed by atoms with E-state index in [4.69, 9.17) is 11.6 Å². The van der Waals surface area contributed by atoms with Crippen LogP contribution in [0, 0.1) is 0 Å². The van der Waals surface area contributed by atoms with Crippen LogP contribution in [-0.2, 0) is 4.79 Å². The Bertz CT molecular complexity index is 167. The lowest BCUT2D eigenvalue weighted by Crippen LogP contribution is -2.29. The number of carbonyl (C=O) groups excluding carboxylic acids is 1. The minimum atomic E-state index is -0.0702. The number of unbranched alkanes of at least 4 members (excludes halogenated alkanes) is 2. The Morgan fingerprint density at radius 3 is 2.73 bits per heavy atom. The molecule has 0 aliphatic rings. The van der Waals surface area contributed by atoms with Gasteiger partial charge in [0.05, 0.1) is 0 Å². The van der Waals surface area contributed by atoms with Crippen LogP contribution in [0.3, 0.4) is 0 Å². The van der Waals surface area contributed by atoms with Crippen LogP contribution in [0.25, 0.3) is 0 Å². The van der Waals surface area contributed by atoms with Crippen molar-refractivity contribution in [3.8, 4) is 0 Å². The van der Waals surface area contributed by atoms with Crippen molar-refractivity contribution in [1.82, 2.24) is 5.43 Å². The molecule has 0 aromatic heterocycles. The summed E-state index contributed by atoms with van der Waals surface area (Å²) in [7, 11) is 0. The normalized spacial score (nSPS) is 12.5. The van der Waals surface area contributed by atoms with E-state index in [1.807, 2.05) is 11.8 Å². The molecule has 0 bridgehead atoms. The van der Waals surface area contributed by atoms with Crippen molar-refractivity contribution in [1.29, 1.82) is 0 Å². The van der Waals surface area contributed by atoms with Crippen molar-refractivity contribution in [2.24, 2.45) is 11.6 Å². The molecule has 90 valence electrons. The number of hydrogen-bond acceptors (Lipinski definition) is 4. The lowest BCUT2D eigenvalue weighted by molar-refractivity contribution is -0.121. The molecule has 0 heterocycles. The van der Waals surface area contributed by atoms with Crippen LogP contribution in [-0.4, -0.2) is 23.5 Å². The van der Waals surface area contributed by atoms with E-state index < -0.39 is 0 Å². The number of carbonyl (C=O) groups is 1. The summed E-state index contributed by atoms with van der Waals surface area (Å²) in [4.78, 5) is 10.8. The van der Waals surface area contributed by atoms with Crippen LogP contribution in [0.1, 0.15) is 39.0 Å². The molecule has 5 heteroatoms. The largest absolute Gasteiger partial charge is 0.330 e. The number of amides is 1. The zero-order chi connectivity index (χ0) is 11.5. The Morgan fingerprint density at radius 2 is 2.13 bits per heavy atom. The minimum absolute atomic E-state index is 0.0702. The molecule has 0 spiro atoms. The van der Waals surface area contributed by atoms with E-state index in [0.29, 0.717) is 11.7 Å². The van der Waals surface area contributed by atoms with Crippen molar-refractivity contribution < 1.29 is 4.79 Å². The second kappa shape index (κ2) is 10.3. The quantitative estimate of drug-likeness (QED) is 0.240. The van der Waals surface area contributed by atoms with E-state index in [-0.39, 0.29) is 5.91 Å². The van der Waals surface area contributed by atoms with E-state index in [9.17, 15) is 4.79 Å². The van der Waals surface area contributed by atoms with Crippen LogP contribution in [0.2, 0.25) is 0 Å². The fraction of sp³-hybridized carbons (Fsp3) is 0.900. The maximum Gasteiger partial charge on any atom is 0.233 e. The topological polar surface area (TPSA) is 81.1 Å². The first-order valence-electron chi connectivity index (χ1n) is 5.51. The van der Waals surface area contributed by atoms with Gasteiger partial charge in [-0.25, -0.2) is 5.84 Å². The zero-order valence-corrected chi connectivity index (χ0v) is 10.3. The molecular weight excluding hydrogens is 210 g/mol. The van der Waals surface area contributed by atoms with Gasteiger partial charge in [0.1, 0.15) is 0 Å². The third-order valence-electron chi connectivity index (χ3n) is 2.18. The summed E-state index contributed by atoms with van der Waals surface area (Å²) in [5.74, 6) is 6.06. The van der Waals surface area contributed by atoms with Gasteiger partial charge in [0.25, 0.3) is 0 Å². The maximum atomic E-state index is 10.8. The first-order valence-corrected chi connectivity index (χ1v) is 6.56. The highest BCUT2D eigenvalue weighted by Gasteiger charge is 2.01. The highest BCUT2D eigenvalue weighted by molar-refractivity contribution is 7.99. The summed E-state index contributed by atoms with van der Waals surface area (Å²) in [6.07, 6.45) is 4.81. The van der Waals surface area contributed by atoms with Crippen LogP contribution in [0.4, 0.5) is 0 Å². The van der Waals surface area contributed by atoms with Crippen molar-refractivity contribution in [3.05, 3.63) is 0 Å². The first kappa shape index (κ1) is 14.7. The number of thioether (sulfide) groups is 1. The SMILES string of the molecule is CC(CCN)SCCCCCC(=O)NN. The monoisotopic (exact) mass is 233 g/mol. The van der Waals surface area contributed by atoms with Crippen molar-refractivity contribution >= 4 is 17.7 Å².